The molecule has 1 fully saturated rings. The Balaban J connectivity index is 2.70. The van der Waals surface area contributed by atoms with Gasteiger partial charge in [-0.05, 0) is 32.1 Å². The number of nitrogens with zero attached hydrogens (tertiary/aromatic N) is 2. The Kier molecular flexibility index (Phi) is 5.05. The number of carbonyl (C=O) groups excluding carboxylic acids is 1. The van der Waals surface area contributed by atoms with E-state index >= 15 is 0 Å². The molecular weight excluding hydrogens is 256 g/mol. The Morgan fingerprint density at radius 1 is 1.20 bits per heavy atom. The summed E-state index contributed by atoms with van der Waals surface area (Å²) >= 11 is 0. The second-order valence-corrected chi connectivity index (χ2v) is 6.40. The number of likely N-dealkylation sites (N-methyl/N-ethyl adjacent to an activating group) is 1. The highest BCUT2D eigenvalue weighted by Gasteiger charge is 2.39. The summed E-state index contributed by atoms with van der Waals surface area (Å²) in [6.45, 7) is 8.97. The fraction of sp³-hybridized carbons (Fsp3) is 0.867. The molecule has 0 saturated carbocycles. The first kappa shape index (κ1) is 16.8. The number of piperidine rings is 1. The third-order valence-electron chi connectivity index (χ3n) is 5.24. The molecule has 0 unspecified atom stereocenters. The van der Waals surface area contributed by atoms with E-state index in [2.05, 4.69) is 13.8 Å². The molecule has 0 aromatic rings. The molecule has 1 saturated heterocycles. The summed E-state index contributed by atoms with van der Waals surface area (Å²) in [5, 5.41) is 9.21. The number of likely N-dealkylation sites (tertiary alicyclic amines) is 1. The van der Waals surface area contributed by atoms with Crippen LogP contribution in [0.1, 0.15) is 53.4 Å². The summed E-state index contributed by atoms with van der Waals surface area (Å²) < 4.78 is 0. The van der Waals surface area contributed by atoms with Gasteiger partial charge in [-0.2, -0.15) is 0 Å². The largest absolute Gasteiger partial charge is 0.480 e. The van der Waals surface area contributed by atoms with E-state index in [4.69, 9.17) is 0 Å². The van der Waals surface area contributed by atoms with Crippen molar-refractivity contribution in [1.82, 2.24) is 9.80 Å². The van der Waals surface area contributed by atoms with E-state index < -0.39 is 11.5 Å². The van der Waals surface area contributed by atoms with Gasteiger partial charge in [0.2, 0.25) is 0 Å². The summed E-state index contributed by atoms with van der Waals surface area (Å²) in [6, 6.07) is -0.182. The minimum Gasteiger partial charge on any atom is -0.480 e. The highest BCUT2D eigenvalue weighted by atomic mass is 16.4. The van der Waals surface area contributed by atoms with Gasteiger partial charge in [0.25, 0.3) is 0 Å². The highest BCUT2D eigenvalue weighted by molar-refractivity contribution is 5.85. The number of amides is 2. The molecule has 0 radical (unpaired) electrons. The van der Waals surface area contributed by atoms with Crippen LogP contribution >= 0.6 is 0 Å². The van der Waals surface area contributed by atoms with Crippen molar-refractivity contribution in [3.63, 3.8) is 0 Å². The van der Waals surface area contributed by atoms with Gasteiger partial charge in [-0.3, -0.25) is 0 Å². The van der Waals surface area contributed by atoms with Crippen molar-refractivity contribution in [2.45, 2.75) is 58.9 Å². The van der Waals surface area contributed by atoms with Crippen LogP contribution in [-0.2, 0) is 4.79 Å². The summed E-state index contributed by atoms with van der Waals surface area (Å²) in [4.78, 5) is 26.8. The Bertz CT molecular complexity index is 365. The number of carboxylic acids is 1. The molecule has 1 aliphatic rings. The number of hydrogen-bond donors (Lipinski definition) is 1. The van der Waals surface area contributed by atoms with Crippen LogP contribution < -0.4 is 0 Å². The topological polar surface area (TPSA) is 60.9 Å². The van der Waals surface area contributed by atoms with E-state index in [-0.39, 0.29) is 6.03 Å². The van der Waals surface area contributed by atoms with Crippen LogP contribution in [0, 0.1) is 5.41 Å². The Hall–Kier alpha value is -1.26. The first-order valence-corrected chi connectivity index (χ1v) is 7.46. The normalized spacial score (nSPS) is 18.8. The van der Waals surface area contributed by atoms with Crippen LogP contribution in [0.4, 0.5) is 4.79 Å². The fourth-order valence-corrected chi connectivity index (χ4v) is 2.72. The molecule has 0 aromatic carbocycles. The van der Waals surface area contributed by atoms with Crippen molar-refractivity contribution in [3.8, 4) is 0 Å². The van der Waals surface area contributed by atoms with E-state index in [0.717, 1.165) is 38.8 Å². The molecule has 5 nitrogen and oxygen atoms in total. The molecule has 1 rings (SSSR count). The predicted molar refractivity (Wildman–Crippen MR) is 78.7 cm³/mol. The number of hydrogen-bond acceptors (Lipinski definition) is 2. The fourth-order valence-electron chi connectivity index (χ4n) is 2.72. The van der Waals surface area contributed by atoms with E-state index in [0.29, 0.717) is 5.41 Å². The third kappa shape index (κ3) is 3.07. The number of carboxylic acid groups (broad SMARTS) is 1. The van der Waals surface area contributed by atoms with Crippen molar-refractivity contribution < 1.29 is 14.7 Å². The smallest absolute Gasteiger partial charge is 0.329 e. The molecule has 2 amide bonds. The number of rotatable bonds is 4. The zero-order valence-corrected chi connectivity index (χ0v) is 13.4. The molecule has 0 aromatic heterocycles. The van der Waals surface area contributed by atoms with Gasteiger partial charge in [-0.15, -0.1) is 0 Å². The summed E-state index contributed by atoms with van der Waals surface area (Å²) in [7, 11) is 1.57. The lowest BCUT2D eigenvalue weighted by atomic mass is 9.74. The number of aliphatic carboxylic acids is 1. The summed E-state index contributed by atoms with van der Waals surface area (Å²) in [6.07, 6.45) is 4.30. The van der Waals surface area contributed by atoms with E-state index in [1.807, 2.05) is 0 Å². The second kappa shape index (κ2) is 6.02. The number of carbonyl (C=O) groups is 2. The minimum absolute atomic E-state index is 0.182. The Labute approximate surface area is 121 Å². The molecule has 1 N–H and O–H groups in total. The van der Waals surface area contributed by atoms with Gasteiger partial charge >= 0.3 is 12.0 Å². The first-order valence-electron chi connectivity index (χ1n) is 7.46. The Morgan fingerprint density at radius 2 is 1.65 bits per heavy atom. The van der Waals surface area contributed by atoms with Crippen molar-refractivity contribution >= 4 is 12.0 Å². The maximum atomic E-state index is 12.4. The van der Waals surface area contributed by atoms with Gasteiger partial charge in [0, 0.05) is 20.1 Å². The van der Waals surface area contributed by atoms with E-state index in [1.54, 1.807) is 25.8 Å². The maximum Gasteiger partial charge on any atom is 0.329 e. The second-order valence-electron chi connectivity index (χ2n) is 6.40. The summed E-state index contributed by atoms with van der Waals surface area (Å²) in [5.74, 6) is -0.984. The zero-order chi connectivity index (χ0) is 15.6. The van der Waals surface area contributed by atoms with Crippen LogP contribution in [0.3, 0.4) is 0 Å². The molecule has 1 aliphatic heterocycles. The third-order valence-corrected chi connectivity index (χ3v) is 5.24. The standard InChI is InChI=1S/C15H28N2O3/c1-6-15(7-2)8-10-17(11-9-15)13(20)16(5)14(3,4)12(18)19/h6-11H2,1-5H3,(H,18,19). The van der Waals surface area contributed by atoms with Gasteiger partial charge in [0.1, 0.15) is 5.54 Å². The molecule has 0 aliphatic carbocycles. The van der Waals surface area contributed by atoms with Gasteiger partial charge < -0.3 is 14.9 Å². The minimum atomic E-state index is -1.18. The SMILES string of the molecule is CCC1(CC)CCN(C(=O)N(C)C(C)(C)C(=O)O)CC1. The van der Waals surface area contributed by atoms with Gasteiger partial charge in [0.15, 0.2) is 0 Å². The molecule has 116 valence electrons. The molecule has 0 atom stereocenters. The van der Waals surface area contributed by atoms with Crippen LogP contribution in [-0.4, -0.2) is 52.6 Å². The van der Waals surface area contributed by atoms with Crippen molar-refractivity contribution in [3.05, 3.63) is 0 Å². The molecule has 1 heterocycles. The average molecular weight is 284 g/mol. The van der Waals surface area contributed by atoms with Crippen molar-refractivity contribution in [2.75, 3.05) is 20.1 Å². The van der Waals surface area contributed by atoms with Gasteiger partial charge in [-0.25, -0.2) is 9.59 Å². The highest BCUT2D eigenvalue weighted by Crippen LogP contribution is 2.38. The van der Waals surface area contributed by atoms with Crippen LogP contribution in [0.2, 0.25) is 0 Å². The lowest BCUT2D eigenvalue weighted by molar-refractivity contribution is -0.147. The van der Waals surface area contributed by atoms with Crippen LogP contribution in [0.5, 0.6) is 0 Å². The monoisotopic (exact) mass is 284 g/mol. The van der Waals surface area contributed by atoms with Crippen LogP contribution in [0.15, 0.2) is 0 Å². The van der Waals surface area contributed by atoms with Crippen molar-refractivity contribution in [1.29, 1.82) is 0 Å². The van der Waals surface area contributed by atoms with Gasteiger partial charge in [0.05, 0.1) is 0 Å². The first-order chi connectivity index (χ1) is 9.20. The lowest BCUT2D eigenvalue weighted by Gasteiger charge is -2.43. The molecule has 5 heteroatoms. The molecule has 0 bridgehead atoms. The zero-order valence-electron chi connectivity index (χ0n) is 13.4. The lowest BCUT2D eigenvalue weighted by Crippen LogP contribution is -2.56. The molecule has 0 spiro atoms. The molecule has 20 heavy (non-hydrogen) atoms. The van der Waals surface area contributed by atoms with E-state index in [9.17, 15) is 14.7 Å². The van der Waals surface area contributed by atoms with Crippen LogP contribution in [0.25, 0.3) is 0 Å². The molecular formula is C15H28N2O3. The Morgan fingerprint density at radius 3 is 2.00 bits per heavy atom. The van der Waals surface area contributed by atoms with Crippen molar-refractivity contribution in [2.24, 2.45) is 5.41 Å². The summed E-state index contributed by atoms with van der Waals surface area (Å²) in [5.41, 5.74) is -0.821. The predicted octanol–water partition coefficient (Wildman–Crippen LogP) is 2.80. The number of urea groups is 1. The maximum absolute atomic E-state index is 12.4. The average Bonchev–Trinajstić information content (AvgIpc) is 2.45. The van der Waals surface area contributed by atoms with E-state index in [1.165, 1.54) is 4.90 Å². The van der Waals surface area contributed by atoms with Gasteiger partial charge in [-0.1, -0.05) is 26.7 Å². The quantitative estimate of drug-likeness (QED) is 0.863.